The minimum Gasteiger partial charge on any atom is -0.511 e. The molecule has 0 atom stereocenters. The van der Waals surface area contributed by atoms with E-state index in [0.717, 1.165) is 0 Å². The molecule has 0 amide bonds. The van der Waals surface area contributed by atoms with Crippen LogP contribution >= 0.6 is 0 Å². The van der Waals surface area contributed by atoms with E-state index in [1.807, 2.05) is 13.8 Å². The number of carbonyl (C=O) groups excluding carboxylic acids is 2. The average Bonchev–Trinajstić information content (AvgIpc) is 2.85. The van der Waals surface area contributed by atoms with Gasteiger partial charge in [-0.05, 0) is 44.5 Å². The van der Waals surface area contributed by atoms with E-state index in [9.17, 15) is 19.8 Å². The number of allylic oxidation sites excluding steroid dienone is 4. The number of Topliss-reactive ketones (excluding diaryl/α,β-unsaturated/α-hetero) is 2. The Bertz CT molecular complexity index is 1260. The van der Waals surface area contributed by atoms with Crippen LogP contribution in [0.3, 0.4) is 0 Å². The highest BCUT2D eigenvalue weighted by Gasteiger charge is 2.21. The quantitative estimate of drug-likeness (QED) is 0.175. The molecule has 0 unspecified atom stereocenters. The van der Waals surface area contributed by atoms with E-state index in [1.165, 1.54) is 0 Å². The summed E-state index contributed by atoms with van der Waals surface area (Å²) in [6.07, 6.45) is 0.0468. The van der Waals surface area contributed by atoms with Gasteiger partial charge >= 0.3 is 0 Å². The second-order valence-electron chi connectivity index (χ2n) is 9.22. The zero-order valence-electron chi connectivity index (χ0n) is 22.4. The van der Waals surface area contributed by atoms with Crippen LogP contribution in [0.4, 0.5) is 0 Å². The first-order valence-electron chi connectivity index (χ1n) is 11.9. The number of aliphatic hydroxyl groups is 2. The monoisotopic (exact) mass is 502 g/mol. The number of nitrogens with zero attached hydrogens (tertiary/aromatic N) is 2. The van der Waals surface area contributed by atoms with Gasteiger partial charge in [-0.25, -0.2) is 0 Å². The van der Waals surface area contributed by atoms with Crippen molar-refractivity contribution in [2.75, 3.05) is 0 Å². The molecule has 7 heteroatoms. The van der Waals surface area contributed by atoms with Crippen molar-refractivity contribution < 1.29 is 24.5 Å². The van der Waals surface area contributed by atoms with E-state index < -0.39 is 11.6 Å². The fourth-order valence-corrected chi connectivity index (χ4v) is 3.13. The first kappa shape index (κ1) is 30.7. The predicted octanol–water partition coefficient (Wildman–Crippen LogP) is 6.82. The molecule has 0 aromatic heterocycles. The van der Waals surface area contributed by atoms with Gasteiger partial charge in [-0.3, -0.25) is 9.59 Å². The van der Waals surface area contributed by atoms with E-state index in [0.29, 0.717) is 22.4 Å². The van der Waals surface area contributed by atoms with Gasteiger partial charge in [0.2, 0.25) is 11.6 Å². The highest BCUT2D eigenvalue weighted by atomic mass is 16.5. The topological polar surface area (TPSA) is 131 Å². The SMILES string of the molecule is CC(C)/C(O)=C(\C#N)C(=O)c1ccccc1.Cc1cc(OC(C)C)ccc1C(=O)/C(C#N)=C(\O)C(C)C. The Hall–Kier alpha value is -4.36. The maximum absolute atomic E-state index is 12.4. The van der Waals surface area contributed by atoms with E-state index in [4.69, 9.17) is 15.3 Å². The maximum Gasteiger partial charge on any atom is 0.207 e. The van der Waals surface area contributed by atoms with Gasteiger partial charge in [-0.15, -0.1) is 0 Å². The van der Waals surface area contributed by atoms with Gasteiger partial charge in [0.25, 0.3) is 0 Å². The number of ether oxygens (including phenoxy) is 1. The van der Waals surface area contributed by atoms with Gasteiger partial charge in [0.15, 0.2) is 0 Å². The highest BCUT2D eigenvalue weighted by Crippen LogP contribution is 2.23. The lowest BCUT2D eigenvalue weighted by atomic mass is 9.96. The molecule has 7 nitrogen and oxygen atoms in total. The number of aliphatic hydroxyl groups excluding tert-OH is 2. The lowest BCUT2D eigenvalue weighted by Gasteiger charge is -2.12. The molecule has 0 saturated heterocycles. The molecule has 0 spiro atoms. The van der Waals surface area contributed by atoms with Crippen LogP contribution in [-0.4, -0.2) is 27.9 Å². The molecular weight excluding hydrogens is 468 g/mol. The Morgan fingerprint density at radius 1 is 0.784 bits per heavy atom. The van der Waals surface area contributed by atoms with E-state index in [1.54, 1.807) is 95.3 Å². The summed E-state index contributed by atoms with van der Waals surface area (Å²) in [6, 6.07) is 17.1. The number of aryl methyl sites for hydroxylation is 1. The number of hydrogen-bond donors (Lipinski definition) is 2. The molecule has 0 heterocycles. The van der Waals surface area contributed by atoms with Crippen LogP contribution in [0.1, 0.15) is 67.8 Å². The fourth-order valence-electron chi connectivity index (χ4n) is 3.13. The minimum atomic E-state index is -0.461. The summed E-state index contributed by atoms with van der Waals surface area (Å²) in [7, 11) is 0. The van der Waals surface area contributed by atoms with Crippen molar-refractivity contribution in [2.45, 2.75) is 54.6 Å². The number of carbonyl (C=O) groups is 2. The molecule has 0 bridgehead atoms. The van der Waals surface area contributed by atoms with Crippen molar-refractivity contribution in [1.29, 1.82) is 10.5 Å². The smallest absolute Gasteiger partial charge is 0.207 e. The summed E-state index contributed by atoms with van der Waals surface area (Å²) < 4.78 is 5.56. The number of nitriles is 2. The van der Waals surface area contributed by atoms with Gasteiger partial charge in [0, 0.05) is 23.0 Å². The van der Waals surface area contributed by atoms with Gasteiger partial charge in [-0.1, -0.05) is 58.0 Å². The lowest BCUT2D eigenvalue weighted by molar-refractivity contribution is 0.102. The van der Waals surface area contributed by atoms with Crippen molar-refractivity contribution >= 4 is 11.6 Å². The summed E-state index contributed by atoms with van der Waals surface area (Å²) in [5, 5.41) is 37.6. The van der Waals surface area contributed by atoms with E-state index >= 15 is 0 Å². The Morgan fingerprint density at radius 3 is 1.68 bits per heavy atom. The van der Waals surface area contributed by atoms with E-state index in [-0.39, 0.29) is 40.6 Å². The van der Waals surface area contributed by atoms with Crippen molar-refractivity contribution in [3.8, 4) is 17.9 Å². The third-order valence-electron chi connectivity index (χ3n) is 5.13. The van der Waals surface area contributed by atoms with Crippen molar-refractivity contribution in [3.05, 3.63) is 87.9 Å². The second kappa shape index (κ2) is 14.3. The molecule has 2 N–H and O–H groups in total. The van der Waals surface area contributed by atoms with Gasteiger partial charge in [0.05, 0.1) is 6.10 Å². The molecule has 2 rings (SSSR count). The van der Waals surface area contributed by atoms with Crippen molar-refractivity contribution in [1.82, 2.24) is 0 Å². The van der Waals surface area contributed by atoms with Gasteiger partial charge < -0.3 is 14.9 Å². The zero-order valence-corrected chi connectivity index (χ0v) is 22.4. The van der Waals surface area contributed by atoms with Gasteiger partial charge in [0.1, 0.15) is 40.6 Å². The minimum absolute atomic E-state index is 0.0468. The van der Waals surface area contributed by atoms with Crippen LogP contribution in [0.15, 0.2) is 71.2 Å². The normalized spacial score (nSPS) is 12.0. The number of ketones is 2. The number of hydrogen-bond acceptors (Lipinski definition) is 7. The maximum atomic E-state index is 12.4. The largest absolute Gasteiger partial charge is 0.511 e. The van der Waals surface area contributed by atoms with Crippen molar-refractivity contribution in [3.63, 3.8) is 0 Å². The first-order chi connectivity index (χ1) is 17.3. The molecule has 2 aromatic rings. The molecule has 0 saturated carbocycles. The predicted molar refractivity (Wildman–Crippen MR) is 142 cm³/mol. The Morgan fingerprint density at radius 2 is 1.27 bits per heavy atom. The summed E-state index contributed by atoms with van der Waals surface area (Å²) >= 11 is 0. The second-order valence-corrected chi connectivity index (χ2v) is 9.22. The Labute approximate surface area is 218 Å². The summed E-state index contributed by atoms with van der Waals surface area (Å²) in [5.41, 5.74) is 1.13. The van der Waals surface area contributed by atoms with Crippen LogP contribution in [0.5, 0.6) is 5.75 Å². The van der Waals surface area contributed by atoms with Crippen LogP contribution in [-0.2, 0) is 0 Å². The van der Waals surface area contributed by atoms with Crippen LogP contribution in [0, 0.1) is 41.4 Å². The highest BCUT2D eigenvalue weighted by molar-refractivity contribution is 6.12. The Balaban J connectivity index is 0.000000384. The van der Waals surface area contributed by atoms with Crippen molar-refractivity contribution in [2.24, 2.45) is 11.8 Å². The van der Waals surface area contributed by atoms with Crippen LogP contribution in [0.25, 0.3) is 0 Å². The number of benzene rings is 2. The standard InChI is InChI=1S/C17H21NO3.C13H13NO2/c1-10(2)16(19)15(9-18)17(20)14-7-6-13(8-12(14)5)21-11(3)4;1-9(2)12(15)11(8-14)13(16)10-6-4-3-5-7-10/h6-8,10-11,19H,1-5H3;3-7,9,15H,1-2H3/b16-15-;12-11-. The molecule has 2 aromatic carbocycles. The molecule has 194 valence electrons. The molecular formula is C30H34N2O5. The van der Waals surface area contributed by atoms with Gasteiger partial charge in [-0.2, -0.15) is 10.5 Å². The van der Waals surface area contributed by atoms with Crippen LogP contribution in [0.2, 0.25) is 0 Å². The summed E-state index contributed by atoms with van der Waals surface area (Å²) in [5.74, 6) is -1.06. The zero-order chi connectivity index (χ0) is 28.3. The molecule has 0 fully saturated rings. The fraction of sp³-hybridized carbons (Fsp3) is 0.333. The molecule has 0 aliphatic rings. The van der Waals surface area contributed by atoms with Crippen LogP contribution < -0.4 is 4.74 Å². The lowest BCUT2D eigenvalue weighted by Crippen LogP contribution is -2.11. The molecule has 0 aliphatic heterocycles. The summed E-state index contributed by atoms with van der Waals surface area (Å²) in [6.45, 7) is 12.5. The van der Waals surface area contributed by atoms with E-state index in [2.05, 4.69) is 0 Å². The molecule has 37 heavy (non-hydrogen) atoms. The third-order valence-corrected chi connectivity index (χ3v) is 5.13. The Kier molecular flexibility index (Phi) is 11.8. The summed E-state index contributed by atoms with van der Waals surface area (Å²) in [4.78, 5) is 24.3. The average molecular weight is 503 g/mol. The molecule has 0 aliphatic carbocycles. The first-order valence-corrected chi connectivity index (χ1v) is 11.9. The number of rotatable bonds is 8. The third kappa shape index (κ3) is 8.66. The molecule has 0 radical (unpaired) electrons.